The van der Waals surface area contributed by atoms with Crippen LogP contribution in [0.4, 0.5) is 0 Å². The first-order valence-corrected chi connectivity index (χ1v) is 6.59. The number of hydrogen-bond donors (Lipinski definition) is 2. The number of aliphatic carboxylic acids is 1. The van der Waals surface area contributed by atoms with Gasteiger partial charge in [-0.15, -0.1) is 0 Å². The van der Waals surface area contributed by atoms with Crippen molar-refractivity contribution in [3.05, 3.63) is 29.8 Å². The maximum absolute atomic E-state index is 11.9. The number of ketones is 1. The van der Waals surface area contributed by atoms with Crippen LogP contribution in [0.25, 0.3) is 0 Å². The summed E-state index contributed by atoms with van der Waals surface area (Å²) in [5.74, 6) is -1.06. The zero-order valence-corrected chi connectivity index (χ0v) is 12.3. The molecular formula is C15H19NO5. The van der Waals surface area contributed by atoms with Gasteiger partial charge < -0.3 is 15.2 Å². The summed E-state index contributed by atoms with van der Waals surface area (Å²) in [5, 5.41) is 11.2. The molecule has 2 atom stereocenters. The van der Waals surface area contributed by atoms with E-state index < -0.39 is 24.0 Å². The van der Waals surface area contributed by atoms with E-state index in [9.17, 15) is 14.4 Å². The van der Waals surface area contributed by atoms with Gasteiger partial charge >= 0.3 is 5.97 Å². The summed E-state index contributed by atoms with van der Waals surface area (Å²) in [4.78, 5) is 33.7. The number of rotatable bonds is 7. The van der Waals surface area contributed by atoms with Gasteiger partial charge in [0.15, 0.2) is 11.9 Å². The van der Waals surface area contributed by atoms with Crippen LogP contribution in [0.5, 0.6) is 5.75 Å². The molecule has 0 aliphatic rings. The lowest BCUT2D eigenvalue weighted by Crippen LogP contribution is -2.42. The van der Waals surface area contributed by atoms with Crippen molar-refractivity contribution >= 4 is 17.7 Å². The van der Waals surface area contributed by atoms with E-state index in [1.54, 1.807) is 38.1 Å². The van der Waals surface area contributed by atoms with Crippen LogP contribution in [0.3, 0.4) is 0 Å². The van der Waals surface area contributed by atoms with Crippen LogP contribution >= 0.6 is 0 Å². The topological polar surface area (TPSA) is 92.7 Å². The van der Waals surface area contributed by atoms with Gasteiger partial charge in [-0.3, -0.25) is 14.4 Å². The second kappa shape index (κ2) is 7.42. The summed E-state index contributed by atoms with van der Waals surface area (Å²) in [6.07, 6.45) is -0.943. The van der Waals surface area contributed by atoms with E-state index in [4.69, 9.17) is 9.84 Å². The Bertz CT molecular complexity index is 541. The first-order valence-electron chi connectivity index (χ1n) is 6.59. The Morgan fingerprint density at radius 1 is 1.29 bits per heavy atom. The van der Waals surface area contributed by atoms with E-state index in [0.29, 0.717) is 11.3 Å². The number of nitrogens with one attached hydrogen (secondary N) is 1. The highest BCUT2D eigenvalue weighted by molar-refractivity contribution is 5.94. The van der Waals surface area contributed by atoms with Gasteiger partial charge in [-0.2, -0.15) is 0 Å². The molecule has 0 bridgehead atoms. The third kappa shape index (κ3) is 5.64. The van der Waals surface area contributed by atoms with Crippen LogP contribution in [0.1, 0.15) is 37.6 Å². The second-order valence-corrected chi connectivity index (χ2v) is 4.85. The third-order valence-corrected chi connectivity index (χ3v) is 2.79. The molecule has 6 heteroatoms. The van der Waals surface area contributed by atoms with Crippen molar-refractivity contribution in [2.24, 2.45) is 0 Å². The first kappa shape index (κ1) is 16.7. The predicted molar refractivity (Wildman–Crippen MR) is 76.4 cm³/mol. The van der Waals surface area contributed by atoms with Gasteiger partial charge in [0.2, 0.25) is 0 Å². The molecule has 1 aromatic rings. The molecule has 2 N–H and O–H groups in total. The normalized spacial score (nSPS) is 13.1. The second-order valence-electron chi connectivity index (χ2n) is 4.85. The van der Waals surface area contributed by atoms with Crippen LogP contribution in [-0.2, 0) is 9.59 Å². The number of ether oxygens (including phenoxy) is 1. The van der Waals surface area contributed by atoms with Crippen LogP contribution < -0.4 is 10.1 Å². The standard InChI is InChI=1S/C15H19NO5/c1-9(7-14(18)19)16-15(20)11(3)21-13-6-4-5-12(8-13)10(2)17/h4-6,8-9,11H,7H2,1-3H3,(H,16,20)(H,18,19). The molecule has 0 aliphatic heterocycles. The van der Waals surface area contributed by atoms with Crippen molar-refractivity contribution in [2.75, 3.05) is 0 Å². The maximum atomic E-state index is 11.9. The molecule has 1 aromatic carbocycles. The summed E-state index contributed by atoms with van der Waals surface area (Å²) in [6.45, 7) is 4.61. The van der Waals surface area contributed by atoms with Crippen molar-refractivity contribution in [1.82, 2.24) is 5.32 Å². The minimum Gasteiger partial charge on any atom is -0.481 e. The Morgan fingerprint density at radius 2 is 1.95 bits per heavy atom. The maximum Gasteiger partial charge on any atom is 0.305 e. The number of carbonyl (C=O) groups excluding carboxylic acids is 2. The Hall–Kier alpha value is -2.37. The van der Waals surface area contributed by atoms with E-state index in [2.05, 4.69) is 5.32 Å². The highest BCUT2D eigenvalue weighted by Crippen LogP contribution is 2.15. The minimum atomic E-state index is -0.981. The third-order valence-electron chi connectivity index (χ3n) is 2.79. The largest absolute Gasteiger partial charge is 0.481 e. The average Bonchev–Trinajstić information content (AvgIpc) is 2.37. The van der Waals surface area contributed by atoms with Crippen LogP contribution in [0.2, 0.25) is 0 Å². The van der Waals surface area contributed by atoms with Crippen molar-refractivity contribution in [2.45, 2.75) is 39.3 Å². The average molecular weight is 293 g/mol. The zero-order valence-electron chi connectivity index (χ0n) is 12.3. The quantitative estimate of drug-likeness (QED) is 0.745. The van der Waals surface area contributed by atoms with Gasteiger partial charge in [0.05, 0.1) is 6.42 Å². The van der Waals surface area contributed by atoms with Gasteiger partial charge in [0.25, 0.3) is 5.91 Å². The fraction of sp³-hybridized carbons (Fsp3) is 0.400. The van der Waals surface area contributed by atoms with E-state index in [1.807, 2.05) is 0 Å². The summed E-state index contributed by atoms with van der Waals surface area (Å²) in [7, 11) is 0. The number of carboxylic acid groups (broad SMARTS) is 1. The lowest BCUT2D eigenvalue weighted by atomic mass is 10.1. The molecule has 1 rings (SSSR count). The number of benzene rings is 1. The molecule has 0 saturated heterocycles. The number of amides is 1. The van der Waals surface area contributed by atoms with Crippen LogP contribution in [-0.4, -0.2) is 34.9 Å². The Kier molecular flexibility index (Phi) is 5.90. The molecule has 0 aromatic heterocycles. The van der Waals surface area contributed by atoms with Gasteiger partial charge in [0.1, 0.15) is 5.75 Å². The minimum absolute atomic E-state index is 0.0902. The molecule has 0 spiro atoms. The fourth-order valence-electron chi connectivity index (χ4n) is 1.72. The smallest absolute Gasteiger partial charge is 0.305 e. The molecular weight excluding hydrogens is 274 g/mol. The van der Waals surface area contributed by atoms with Gasteiger partial charge in [-0.05, 0) is 32.9 Å². The summed E-state index contributed by atoms with van der Waals surface area (Å²) in [6, 6.07) is 6.06. The van der Waals surface area contributed by atoms with Gasteiger partial charge in [0, 0.05) is 11.6 Å². The highest BCUT2D eigenvalue weighted by atomic mass is 16.5. The first-order chi connectivity index (χ1) is 9.79. The predicted octanol–water partition coefficient (Wildman–Crippen LogP) is 1.64. The Labute approximate surface area is 123 Å². The molecule has 0 radical (unpaired) electrons. The van der Waals surface area contributed by atoms with Gasteiger partial charge in [-0.1, -0.05) is 12.1 Å². The van der Waals surface area contributed by atoms with E-state index in [0.717, 1.165) is 0 Å². The Morgan fingerprint density at radius 3 is 2.52 bits per heavy atom. The fourth-order valence-corrected chi connectivity index (χ4v) is 1.72. The molecule has 0 saturated carbocycles. The highest BCUT2D eigenvalue weighted by Gasteiger charge is 2.18. The van der Waals surface area contributed by atoms with Crippen molar-refractivity contribution in [3.8, 4) is 5.75 Å². The number of carboxylic acids is 1. The molecule has 0 fully saturated rings. The van der Waals surface area contributed by atoms with Gasteiger partial charge in [-0.25, -0.2) is 0 Å². The molecule has 1 amide bonds. The monoisotopic (exact) mass is 293 g/mol. The van der Waals surface area contributed by atoms with E-state index in [1.165, 1.54) is 6.92 Å². The molecule has 21 heavy (non-hydrogen) atoms. The lowest BCUT2D eigenvalue weighted by Gasteiger charge is -2.18. The Balaban J connectivity index is 2.61. The van der Waals surface area contributed by atoms with Crippen LogP contribution in [0.15, 0.2) is 24.3 Å². The molecule has 2 unspecified atom stereocenters. The number of Topliss-reactive ketones (excluding diaryl/α,β-unsaturated/α-hetero) is 1. The van der Waals surface area contributed by atoms with Crippen molar-refractivity contribution < 1.29 is 24.2 Å². The summed E-state index contributed by atoms with van der Waals surface area (Å²) >= 11 is 0. The molecule has 0 aliphatic carbocycles. The number of carbonyl (C=O) groups is 3. The van der Waals surface area contributed by atoms with E-state index >= 15 is 0 Å². The van der Waals surface area contributed by atoms with E-state index in [-0.39, 0.29) is 12.2 Å². The summed E-state index contributed by atoms with van der Waals surface area (Å²) < 4.78 is 5.46. The zero-order chi connectivity index (χ0) is 16.0. The van der Waals surface area contributed by atoms with Crippen molar-refractivity contribution in [3.63, 3.8) is 0 Å². The SMILES string of the molecule is CC(=O)c1cccc(OC(C)C(=O)NC(C)CC(=O)O)c1. The summed E-state index contributed by atoms with van der Waals surface area (Å²) in [5.41, 5.74) is 0.499. The lowest BCUT2D eigenvalue weighted by molar-refractivity contribution is -0.137. The van der Waals surface area contributed by atoms with Crippen molar-refractivity contribution in [1.29, 1.82) is 0 Å². The molecule has 0 heterocycles. The number of hydrogen-bond acceptors (Lipinski definition) is 4. The molecule has 6 nitrogen and oxygen atoms in total. The van der Waals surface area contributed by atoms with Crippen LogP contribution in [0, 0.1) is 0 Å². The molecule has 114 valence electrons.